The highest BCUT2D eigenvalue weighted by molar-refractivity contribution is 6.07. The number of nitrogens with one attached hydrogen (secondary N) is 1. The number of fused-ring (bicyclic) bond motifs is 3. The van der Waals surface area contributed by atoms with Crippen LogP contribution in [-0.2, 0) is 20.1 Å². The minimum absolute atomic E-state index is 0.204. The summed E-state index contributed by atoms with van der Waals surface area (Å²) in [6.07, 6.45) is 7.72. The molecule has 2 aliphatic rings. The number of hydrogen-bond acceptors (Lipinski definition) is 8. The molecule has 1 fully saturated rings. The van der Waals surface area contributed by atoms with E-state index in [0.717, 1.165) is 78.6 Å². The second-order valence-corrected chi connectivity index (χ2v) is 12.6. The summed E-state index contributed by atoms with van der Waals surface area (Å²) in [6.45, 7) is 5.09. The van der Waals surface area contributed by atoms with E-state index in [1.54, 1.807) is 7.11 Å². The zero-order valence-electron chi connectivity index (χ0n) is 26.8. The van der Waals surface area contributed by atoms with Crippen molar-refractivity contribution in [2.75, 3.05) is 24.7 Å². The first-order valence-electron chi connectivity index (χ1n) is 16.2. The lowest BCUT2D eigenvalue weighted by Gasteiger charge is -2.39. The van der Waals surface area contributed by atoms with Gasteiger partial charge in [-0.05, 0) is 56.9 Å². The predicted molar refractivity (Wildman–Crippen MR) is 181 cm³/mol. The lowest BCUT2D eigenvalue weighted by atomic mass is 9.90. The van der Waals surface area contributed by atoms with Crippen molar-refractivity contribution in [2.45, 2.75) is 57.8 Å². The van der Waals surface area contributed by atoms with Crippen molar-refractivity contribution in [1.82, 2.24) is 38.8 Å². The molecule has 1 aliphatic heterocycles. The Balaban J connectivity index is 1.05. The Kier molecular flexibility index (Phi) is 7.16. The molecule has 5 heterocycles. The molecule has 1 amide bonds. The zero-order valence-corrected chi connectivity index (χ0v) is 26.8. The van der Waals surface area contributed by atoms with Crippen molar-refractivity contribution >= 4 is 39.3 Å². The molecule has 0 saturated heterocycles. The van der Waals surface area contributed by atoms with Crippen LogP contribution in [-0.4, -0.2) is 64.4 Å². The summed E-state index contributed by atoms with van der Waals surface area (Å²) < 4.78 is 12.0. The first-order valence-corrected chi connectivity index (χ1v) is 16.2. The molecule has 0 radical (unpaired) electrons. The number of aryl methyl sites for hydroxylation is 2. The van der Waals surface area contributed by atoms with Crippen LogP contribution in [0.5, 0.6) is 5.75 Å². The molecule has 240 valence electrons. The number of anilines is 2. The van der Waals surface area contributed by atoms with Gasteiger partial charge in [0.2, 0.25) is 0 Å². The number of carbonyl (C=O) groups is 1. The number of aromatic nitrogens is 7. The second kappa shape index (κ2) is 11.5. The number of hydrogen-bond donors (Lipinski definition) is 2. The number of nitrogens with zero attached hydrogens (tertiary/aromatic N) is 8. The number of benzene rings is 2. The molecule has 0 atom stereocenters. The third-order valence-corrected chi connectivity index (χ3v) is 10.1. The average Bonchev–Trinajstić information content (AvgIpc) is 3.78. The van der Waals surface area contributed by atoms with Gasteiger partial charge in [0.25, 0.3) is 5.91 Å². The minimum atomic E-state index is -0.219. The maximum atomic E-state index is 13.4. The van der Waals surface area contributed by atoms with E-state index < -0.39 is 0 Å². The van der Waals surface area contributed by atoms with E-state index in [-0.39, 0.29) is 11.9 Å². The molecule has 1 aliphatic carbocycles. The number of carbonyl (C=O) groups excluding carboxylic acids is 1. The zero-order chi connectivity index (χ0) is 32.2. The van der Waals surface area contributed by atoms with Crippen molar-refractivity contribution in [2.24, 2.45) is 7.05 Å². The van der Waals surface area contributed by atoms with Crippen molar-refractivity contribution in [3.05, 3.63) is 78.3 Å². The summed E-state index contributed by atoms with van der Waals surface area (Å²) in [5.74, 6) is 1.79. The molecular weight excluding hydrogens is 592 g/mol. The van der Waals surface area contributed by atoms with Crippen LogP contribution in [0.25, 0.3) is 33.2 Å². The van der Waals surface area contributed by atoms with Gasteiger partial charge >= 0.3 is 0 Å². The van der Waals surface area contributed by atoms with Crippen LogP contribution in [0.3, 0.4) is 0 Å². The Labute approximate surface area is 272 Å². The molecule has 6 aromatic rings. The Morgan fingerprint density at radius 1 is 1.00 bits per heavy atom. The van der Waals surface area contributed by atoms with Gasteiger partial charge in [0.05, 0.1) is 29.9 Å². The SMILES string of the molecule is COc1cc(-c2nn(C3CCC(N4CCn5c(cnc5C)C4)CC3)c3ncnc(N)c23)ccc1NC(=O)c1cc2ccccc2n1C. The van der Waals surface area contributed by atoms with Crippen LogP contribution in [0.4, 0.5) is 11.5 Å². The number of nitrogen functional groups attached to an aromatic ring is 1. The van der Waals surface area contributed by atoms with Gasteiger partial charge in [0.15, 0.2) is 5.65 Å². The normalized spacial score (nSPS) is 18.4. The van der Waals surface area contributed by atoms with E-state index in [9.17, 15) is 4.79 Å². The largest absolute Gasteiger partial charge is 0.495 e. The highest BCUT2D eigenvalue weighted by Gasteiger charge is 2.31. The topological polar surface area (TPSA) is 134 Å². The fourth-order valence-corrected chi connectivity index (χ4v) is 7.53. The van der Waals surface area contributed by atoms with Crippen molar-refractivity contribution in [3.63, 3.8) is 0 Å². The van der Waals surface area contributed by atoms with Gasteiger partial charge in [-0.2, -0.15) is 5.10 Å². The molecule has 12 heteroatoms. The molecule has 4 aromatic heterocycles. The molecule has 3 N–H and O–H groups in total. The standard InChI is InChI=1S/C35H38N10O2/c1-21-37-18-26-19-43(14-15-44(21)26)24-9-11-25(12-10-24)45-34-31(33(36)38-20-39-34)32(41-45)23-8-13-27(30(17-23)47-3)40-35(46)29-16-22-6-4-5-7-28(22)42(29)2/h4-8,13,16-18,20,24-25H,9-12,14-15,19H2,1-3H3,(H,40,46)(H2,36,38,39). The van der Waals surface area contributed by atoms with Gasteiger partial charge in [-0.15, -0.1) is 0 Å². The van der Waals surface area contributed by atoms with Crippen LogP contribution >= 0.6 is 0 Å². The summed E-state index contributed by atoms with van der Waals surface area (Å²) in [5.41, 5.74) is 12.1. The Bertz CT molecular complexity index is 2140. The van der Waals surface area contributed by atoms with Gasteiger partial charge in [-0.3, -0.25) is 9.69 Å². The van der Waals surface area contributed by atoms with Crippen LogP contribution in [0, 0.1) is 6.92 Å². The summed E-state index contributed by atoms with van der Waals surface area (Å²) in [7, 11) is 3.48. The molecule has 12 nitrogen and oxygen atoms in total. The third kappa shape index (κ3) is 4.99. The monoisotopic (exact) mass is 630 g/mol. The van der Waals surface area contributed by atoms with E-state index in [1.807, 2.05) is 66.3 Å². The van der Waals surface area contributed by atoms with Gasteiger partial charge < -0.3 is 24.9 Å². The fourth-order valence-electron chi connectivity index (χ4n) is 7.53. The van der Waals surface area contributed by atoms with E-state index >= 15 is 0 Å². The van der Waals surface area contributed by atoms with Crippen LogP contribution in [0.2, 0.25) is 0 Å². The molecular formula is C35H38N10O2. The molecule has 8 rings (SSSR count). The Morgan fingerprint density at radius 3 is 2.62 bits per heavy atom. The molecule has 1 saturated carbocycles. The third-order valence-electron chi connectivity index (χ3n) is 10.1. The minimum Gasteiger partial charge on any atom is -0.495 e. The first kappa shape index (κ1) is 29.2. The van der Waals surface area contributed by atoms with Crippen LogP contribution in [0.15, 0.2) is 61.1 Å². The molecule has 0 bridgehead atoms. The number of rotatable bonds is 6. The number of para-hydroxylation sites is 1. The molecule has 2 aromatic carbocycles. The van der Waals surface area contributed by atoms with Crippen LogP contribution in [0.1, 0.15) is 53.7 Å². The lowest BCUT2D eigenvalue weighted by molar-refractivity contribution is 0.101. The number of amides is 1. The summed E-state index contributed by atoms with van der Waals surface area (Å²) in [4.78, 5) is 29.5. The molecule has 0 spiro atoms. The van der Waals surface area contributed by atoms with E-state index in [0.29, 0.717) is 34.7 Å². The second-order valence-electron chi connectivity index (χ2n) is 12.6. The van der Waals surface area contributed by atoms with Gasteiger partial charge in [0, 0.05) is 55.4 Å². The Hall–Kier alpha value is -5.23. The van der Waals surface area contributed by atoms with Gasteiger partial charge in [-0.1, -0.05) is 24.3 Å². The Morgan fingerprint density at radius 2 is 1.81 bits per heavy atom. The quantitative estimate of drug-likeness (QED) is 0.252. The molecule has 0 unspecified atom stereocenters. The molecule has 47 heavy (non-hydrogen) atoms. The fraction of sp³-hybridized carbons (Fsp3) is 0.343. The van der Waals surface area contributed by atoms with E-state index in [2.05, 4.69) is 41.3 Å². The summed E-state index contributed by atoms with van der Waals surface area (Å²) in [5, 5.41) is 9.89. The maximum Gasteiger partial charge on any atom is 0.272 e. The first-order chi connectivity index (χ1) is 22.9. The predicted octanol–water partition coefficient (Wildman–Crippen LogP) is 5.33. The van der Waals surface area contributed by atoms with E-state index in [4.69, 9.17) is 15.6 Å². The highest BCUT2D eigenvalue weighted by Crippen LogP contribution is 2.39. The number of methoxy groups -OCH3 is 1. The number of imidazole rings is 1. The number of ether oxygens (including phenoxy) is 1. The van der Waals surface area contributed by atoms with Gasteiger partial charge in [0.1, 0.15) is 35.1 Å². The lowest BCUT2D eigenvalue weighted by Crippen LogP contribution is -2.43. The summed E-state index contributed by atoms with van der Waals surface area (Å²) >= 11 is 0. The van der Waals surface area contributed by atoms with Gasteiger partial charge in [-0.25, -0.2) is 19.6 Å². The maximum absolute atomic E-state index is 13.4. The van der Waals surface area contributed by atoms with Crippen molar-refractivity contribution in [3.8, 4) is 17.0 Å². The smallest absolute Gasteiger partial charge is 0.272 e. The number of nitrogens with two attached hydrogens (primary N) is 1. The average molecular weight is 631 g/mol. The van der Waals surface area contributed by atoms with Crippen LogP contribution < -0.4 is 15.8 Å². The summed E-state index contributed by atoms with van der Waals surface area (Å²) in [6, 6.07) is 16.2. The van der Waals surface area contributed by atoms with Crippen molar-refractivity contribution < 1.29 is 9.53 Å². The highest BCUT2D eigenvalue weighted by atomic mass is 16.5. The van der Waals surface area contributed by atoms with Crippen molar-refractivity contribution in [1.29, 1.82) is 0 Å². The van der Waals surface area contributed by atoms with E-state index in [1.165, 1.54) is 12.0 Å².